The van der Waals surface area contributed by atoms with Crippen LogP contribution < -0.4 is 5.32 Å². The molecule has 0 fully saturated rings. The molecule has 112 valence electrons. The molecule has 5 heteroatoms. The van der Waals surface area contributed by atoms with Gasteiger partial charge in [0, 0.05) is 31.6 Å². The van der Waals surface area contributed by atoms with Crippen molar-refractivity contribution in [2.75, 3.05) is 26.2 Å². The second-order valence-electron chi connectivity index (χ2n) is 4.56. The van der Waals surface area contributed by atoms with Crippen molar-refractivity contribution >= 4 is 5.91 Å². The maximum atomic E-state index is 13.8. The van der Waals surface area contributed by atoms with Crippen LogP contribution in [0.1, 0.15) is 25.8 Å². The van der Waals surface area contributed by atoms with Crippen molar-refractivity contribution < 1.29 is 13.6 Å². The Hall–Kier alpha value is -1.49. The fourth-order valence-corrected chi connectivity index (χ4v) is 1.96. The van der Waals surface area contributed by atoms with Crippen LogP contribution in [0, 0.1) is 0 Å². The van der Waals surface area contributed by atoms with E-state index in [1.54, 1.807) is 23.1 Å². The monoisotopic (exact) mass is 284 g/mol. The molecule has 0 atom stereocenters. The lowest BCUT2D eigenvalue weighted by molar-refractivity contribution is -0.130. The topological polar surface area (TPSA) is 32.3 Å². The van der Waals surface area contributed by atoms with E-state index in [1.807, 2.05) is 13.8 Å². The number of hydrogen-bond donors (Lipinski definition) is 1. The highest BCUT2D eigenvalue weighted by molar-refractivity contribution is 5.76. The zero-order chi connectivity index (χ0) is 15.0. The first kappa shape index (κ1) is 16.6. The molecule has 0 aliphatic heterocycles. The van der Waals surface area contributed by atoms with Gasteiger partial charge in [-0.3, -0.25) is 4.79 Å². The molecule has 1 N–H and O–H groups in total. The lowest BCUT2D eigenvalue weighted by Crippen LogP contribution is -2.35. The molecule has 1 amide bonds. The zero-order valence-corrected chi connectivity index (χ0v) is 12.0. The van der Waals surface area contributed by atoms with Crippen LogP contribution in [0.25, 0.3) is 0 Å². The number of carbonyl (C=O) groups is 1. The Morgan fingerprint density at radius 3 is 2.35 bits per heavy atom. The van der Waals surface area contributed by atoms with E-state index in [-0.39, 0.29) is 24.4 Å². The van der Waals surface area contributed by atoms with Crippen molar-refractivity contribution in [2.45, 2.75) is 26.2 Å². The van der Waals surface area contributed by atoms with Gasteiger partial charge in [0.25, 0.3) is 5.92 Å². The lowest BCUT2D eigenvalue weighted by Gasteiger charge is -2.20. The average molecular weight is 284 g/mol. The molecule has 0 saturated carbocycles. The Balaban J connectivity index is 2.35. The summed E-state index contributed by atoms with van der Waals surface area (Å²) >= 11 is 0. The van der Waals surface area contributed by atoms with Crippen molar-refractivity contribution in [3.8, 4) is 0 Å². The molecular weight excluding hydrogens is 262 g/mol. The van der Waals surface area contributed by atoms with Crippen molar-refractivity contribution in [1.29, 1.82) is 0 Å². The van der Waals surface area contributed by atoms with E-state index in [9.17, 15) is 13.6 Å². The van der Waals surface area contributed by atoms with E-state index < -0.39 is 12.5 Å². The fraction of sp³-hybridized carbons (Fsp3) is 0.533. The van der Waals surface area contributed by atoms with E-state index >= 15 is 0 Å². The summed E-state index contributed by atoms with van der Waals surface area (Å²) in [4.78, 5) is 13.4. The molecule has 0 aliphatic rings. The van der Waals surface area contributed by atoms with Gasteiger partial charge >= 0.3 is 0 Å². The first-order valence-corrected chi connectivity index (χ1v) is 6.93. The van der Waals surface area contributed by atoms with Gasteiger partial charge in [-0.2, -0.15) is 8.78 Å². The van der Waals surface area contributed by atoms with Gasteiger partial charge in [0.15, 0.2) is 0 Å². The zero-order valence-electron chi connectivity index (χ0n) is 12.0. The van der Waals surface area contributed by atoms with E-state index in [0.717, 1.165) is 0 Å². The smallest absolute Gasteiger partial charge is 0.285 e. The first-order chi connectivity index (χ1) is 9.51. The van der Waals surface area contributed by atoms with Gasteiger partial charge < -0.3 is 10.2 Å². The summed E-state index contributed by atoms with van der Waals surface area (Å²) in [5, 5.41) is 2.66. The predicted octanol–water partition coefficient (Wildman–Crippen LogP) is 2.63. The molecule has 1 rings (SSSR count). The Morgan fingerprint density at radius 2 is 1.80 bits per heavy atom. The van der Waals surface area contributed by atoms with E-state index in [1.165, 1.54) is 12.1 Å². The normalized spacial score (nSPS) is 11.4. The van der Waals surface area contributed by atoms with E-state index in [2.05, 4.69) is 5.32 Å². The Morgan fingerprint density at radius 1 is 1.20 bits per heavy atom. The highest BCUT2D eigenvalue weighted by Crippen LogP contribution is 2.26. The van der Waals surface area contributed by atoms with Crippen LogP contribution in [0.5, 0.6) is 0 Å². The van der Waals surface area contributed by atoms with Gasteiger partial charge in [-0.25, -0.2) is 0 Å². The van der Waals surface area contributed by atoms with Gasteiger partial charge in [-0.15, -0.1) is 0 Å². The molecule has 0 unspecified atom stereocenters. The molecule has 1 aromatic carbocycles. The van der Waals surface area contributed by atoms with Crippen LogP contribution in [-0.4, -0.2) is 37.0 Å². The Bertz CT molecular complexity index is 406. The van der Waals surface area contributed by atoms with Crippen LogP contribution in [0.3, 0.4) is 0 Å². The molecule has 1 aromatic rings. The molecule has 0 bridgehead atoms. The average Bonchev–Trinajstić information content (AvgIpc) is 2.46. The molecule has 0 aromatic heterocycles. The van der Waals surface area contributed by atoms with Crippen LogP contribution >= 0.6 is 0 Å². The number of carbonyl (C=O) groups excluding carboxylic acids is 1. The maximum absolute atomic E-state index is 13.8. The summed E-state index contributed by atoms with van der Waals surface area (Å²) in [6, 6.07) is 7.70. The Labute approximate surface area is 119 Å². The molecule has 0 saturated heterocycles. The lowest BCUT2D eigenvalue weighted by atomic mass is 10.1. The molecule has 0 radical (unpaired) electrons. The minimum atomic E-state index is -2.92. The highest BCUT2D eigenvalue weighted by atomic mass is 19.3. The molecule has 0 heterocycles. The number of nitrogens with one attached hydrogen (secondary N) is 1. The highest BCUT2D eigenvalue weighted by Gasteiger charge is 2.30. The van der Waals surface area contributed by atoms with Gasteiger partial charge in [-0.1, -0.05) is 30.3 Å². The number of halogens is 2. The third kappa shape index (κ3) is 4.89. The van der Waals surface area contributed by atoms with E-state index in [4.69, 9.17) is 0 Å². The van der Waals surface area contributed by atoms with Crippen LogP contribution in [0.4, 0.5) is 8.78 Å². The summed E-state index contributed by atoms with van der Waals surface area (Å²) in [7, 11) is 0. The number of amides is 1. The van der Waals surface area contributed by atoms with E-state index in [0.29, 0.717) is 13.1 Å². The second-order valence-corrected chi connectivity index (χ2v) is 4.56. The van der Waals surface area contributed by atoms with Crippen molar-refractivity contribution in [3.05, 3.63) is 35.9 Å². The van der Waals surface area contributed by atoms with Crippen molar-refractivity contribution in [3.63, 3.8) is 0 Å². The SMILES string of the molecule is CCN(CC)C(=O)CCNCC(F)(F)c1ccccc1. The third-order valence-electron chi connectivity index (χ3n) is 3.17. The Kier molecular flexibility index (Phi) is 6.58. The van der Waals surface area contributed by atoms with Gasteiger partial charge in [0.1, 0.15) is 0 Å². The standard InChI is InChI=1S/C15H22F2N2O/c1-3-19(4-2)14(20)10-11-18-12-15(16,17)13-8-6-5-7-9-13/h5-9,18H,3-4,10-12H2,1-2H3. The number of rotatable bonds is 8. The molecule has 3 nitrogen and oxygen atoms in total. The molecule has 0 spiro atoms. The molecule has 20 heavy (non-hydrogen) atoms. The summed E-state index contributed by atoms with van der Waals surface area (Å²) in [5.41, 5.74) is -0.0115. The fourth-order valence-electron chi connectivity index (χ4n) is 1.96. The minimum absolute atomic E-state index is 0.00877. The number of hydrogen-bond acceptors (Lipinski definition) is 2. The first-order valence-electron chi connectivity index (χ1n) is 6.93. The number of alkyl halides is 2. The number of benzene rings is 1. The predicted molar refractivity (Wildman–Crippen MR) is 75.8 cm³/mol. The number of nitrogens with zero attached hydrogens (tertiary/aromatic N) is 1. The largest absolute Gasteiger partial charge is 0.343 e. The summed E-state index contributed by atoms with van der Waals surface area (Å²) in [6.07, 6.45) is 0.243. The quantitative estimate of drug-likeness (QED) is 0.744. The van der Waals surface area contributed by atoms with Gasteiger partial charge in [0.05, 0.1) is 6.54 Å². The van der Waals surface area contributed by atoms with Crippen molar-refractivity contribution in [1.82, 2.24) is 10.2 Å². The summed E-state index contributed by atoms with van der Waals surface area (Å²) in [6.45, 7) is 4.90. The summed E-state index contributed by atoms with van der Waals surface area (Å²) in [5.74, 6) is -2.93. The van der Waals surface area contributed by atoms with Crippen LogP contribution in [-0.2, 0) is 10.7 Å². The van der Waals surface area contributed by atoms with Crippen molar-refractivity contribution in [2.24, 2.45) is 0 Å². The van der Waals surface area contributed by atoms with Crippen LogP contribution in [0.2, 0.25) is 0 Å². The van der Waals surface area contributed by atoms with Crippen LogP contribution in [0.15, 0.2) is 30.3 Å². The third-order valence-corrected chi connectivity index (χ3v) is 3.17. The second kappa shape index (κ2) is 7.94. The summed E-state index contributed by atoms with van der Waals surface area (Å²) < 4.78 is 27.6. The maximum Gasteiger partial charge on any atom is 0.285 e. The molecule has 0 aliphatic carbocycles. The molecular formula is C15H22F2N2O. The van der Waals surface area contributed by atoms with Gasteiger partial charge in [-0.05, 0) is 13.8 Å². The minimum Gasteiger partial charge on any atom is -0.343 e. The van der Waals surface area contributed by atoms with Gasteiger partial charge in [0.2, 0.25) is 5.91 Å².